The number of nitrogens with zero attached hydrogens (tertiary/aromatic N) is 7. The zero-order valence-electron chi connectivity index (χ0n) is 25.7. The molecule has 4 N–H and O–H groups in total. The van der Waals surface area contributed by atoms with Crippen molar-refractivity contribution in [3.05, 3.63) is 29.3 Å². The maximum Gasteiger partial charge on any atom is 0.386 e. The number of nitrogen functional groups attached to an aromatic ring is 1. The van der Waals surface area contributed by atoms with Gasteiger partial charge in [-0.3, -0.25) is 47.1 Å². The average molecular weight is 781 g/mol. The third kappa shape index (κ3) is 6.57. The van der Waals surface area contributed by atoms with Crippen LogP contribution in [0, 0.1) is 5.92 Å². The summed E-state index contributed by atoms with van der Waals surface area (Å²) >= 11 is 7.99. The largest absolute Gasteiger partial charge is 0.386 e. The number of hydrogen-bond donors (Lipinski definition) is 5. The van der Waals surface area contributed by atoms with E-state index in [1.54, 1.807) is 13.8 Å². The van der Waals surface area contributed by atoms with E-state index in [0.29, 0.717) is 0 Å². The number of hydrogen-bond acceptors (Lipinski definition) is 16. The topological polar surface area (TPSA) is 252 Å². The number of anilines is 2. The quantitative estimate of drug-likeness (QED) is 0.147. The van der Waals surface area contributed by atoms with Gasteiger partial charge in [0, 0.05) is 5.92 Å². The number of H-pyrrole nitrogens is 1. The summed E-state index contributed by atoms with van der Waals surface area (Å²) in [6.07, 6.45) is -10.3. The number of nitrogens with two attached hydrogens (primary N) is 1. The van der Waals surface area contributed by atoms with Crippen molar-refractivity contribution in [3.63, 3.8) is 0 Å². The van der Waals surface area contributed by atoms with E-state index in [-0.39, 0.29) is 34.1 Å². The van der Waals surface area contributed by atoms with Crippen LogP contribution < -0.4 is 16.6 Å². The van der Waals surface area contributed by atoms with Gasteiger partial charge in [0.25, 0.3) is 5.56 Å². The maximum atomic E-state index is 16.3. The molecule has 3 aliphatic heterocycles. The van der Waals surface area contributed by atoms with Crippen LogP contribution in [0.2, 0.25) is 0 Å². The molecule has 3 aliphatic rings. The molecule has 0 saturated carbocycles. The number of carbonyl (C=O) groups is 1. The number of nitrogens with one attached hydrogen (secondary N) is 2. The predicted octanol–water partition coefficient (Wildman–Crippen LogP) is 2.50. The summed E-state index contributed by atoms with van der Waals surface area (Å²) in [5.74, 6) is -1.11. The molecule has 1 unspecified atom stereocenters. The molecule has 3 fully saturated rings. The average Bonchev–Trinajstić information content (AvgIpc) is 3.80. The van der Waals surface area contributed by atoms with Gasteiger partial charge >= 0.3 is 13.6 Å². The van der Waals surface area contributed by atoms with Crippen LogP contribution in [0.25, 0.3) is 22.3 Å². The summed E-state index contributed by atoms with van der Waals surface area (Å²) in [6.45, 7) is -7.17. The molecule has 4 aromatic heterocycles. The van der Waals surface area contributed by atoms with Crippen molar-refractivity contribution in [3.8, 4) is 0 Å². The van der Waals surface area contributed by atoms with Crippen LogP contribution in [0.15, 0.2) is 23.8 Å². The molecule has 0 aliphatic carbocycles. The van der Waals surface area contributed by atoms with Gasteiger partial charge in [-0.25, -0.2) is 37.8 Å². The Bertz CT molecular complexity index is 2120. The van der Waals surface area contributed by atoms with Crippen molar-refractivity contribution < 1.29 is 50.3 Å². The Labute approximate surface area is 289 Å². The SMILES string of the molecule is CC(C)C(=O)Nc1nc2c(ncn2[C@@H]2OC3CO[P@@](=O)(S)O[C@H]4[C@@H](F)[C@H](n5cnc6c(N)ncnc65)O[C@@H]4CO[P@@](=O)(S)O[C@H]3[C@H]2F)c(=O)[nH]1. The van der Waals surface area contributed by atoms with Gasteiger partial charge in [0.2, 0.25) is 11.9 Å². The number of amides is 1. The fourth-order valence-electron chi connectivity index (χ4n) is 5.55. The third-order valence-corrected chi connectivity index (χ3v) is 11.2. The molecule has 0 bridgehead atoms. The Balaban J connectivity index is 1.15. The molecule has 50 heavy (non-hydrogen) atoms. The zero-order chi connectivity index (χ0) is 35.7. The lowest BCUT2D eigenvalue weighted by atomic mass is 10.1. The van der Waals surface area contributed by atoms with E-state index in [0.717, 1.165) is 17.2 Å². The molecule has 10 atom stereocenters. The molecule has 26 heteroatoms. The van der Waals surface area contributed by atoms with E-state index in [2.05, 4.69) is 59.7 Å². The van der Waals surface area contributed by atoms with Crippen LogP contribution in [-0.4, -0.2) is 94.9 Å². The zero-order valence-corrected chi connectivity index (χ0v) is 29.3. The number of halogens is 2. The lowest BCUT2D eigenvalue weighted by Crippen LogP contribution is -2.36. The second-order valence-electron chi connectivity index (χ2n) is 11.7. The number of carbonyl (C=O) groups excluding carboxylic acids is 1. The number of imidazole rings is 2. The van der Waals surface area contributed by atoms with Crippen LogP contribution in [0.3, 0.4) is 0 Å². The fourth-order valence-corrected chi connectivity index (χ4v) is 8.51. The Kier molecular flexibility index (Phi) is 9.32. The first-order valence-electron chi connectivity index (χ1n) is 14.7. The molecule has 270 valence electrons. The summed E-state index contributed by atoms with van der Waals surface area (Å²) in [7, 11) is 0. The van der Waals surface area contributed by atoms with Crippen molar-refractivity contribution in [2.75, 3.05) is 24.3 Å². The highest BCUT2D eigenvalue weighted by Crippen LogP contribution is 2.60. The summed E-state index contributed by atoms with van der Waals surface area (Å²) in [5.41, 5.74) is 4.99. The highest BCUT2D eigenvalue weighted by Gasteiger charge is 2.54. The van der Waals surface area contributed by atoms with Crippen LogP contribution in [0.1, 0.15) is 26.3 Å². The molecular weight excluding hydrogens is 752 g/mol. The van der Waals surface area contributed by atoms with E-state index in [1.165, 1.54) is 10.9 Å². The highest BCUT2D eigenvalue weighted by molar-refractivity contribution is 8.44. The minimum Gasteiger partial charge on any atom is -0.382 e. The summed E-state index contributed by atoms with van der Waals surface area (Å²) < 4.78 is 95.0. The Morgan fingerprint density at radius 1 is 0.940 bits per heavy atom. The Morgan fingerprint density at radius 2 is 1.48 bits per heavy atom. The molecular formula is C24H28F2N10O10P2S2. The van der Waals surface area contributed by atoms with Crippen LogP contribution in [0.5, 0.6) is 0 Å². The van der Waals surface area contributed by atoms with Crippen molar-refractivity contribution in [2.45, 2.75) is 63.1 Å². The molecule has 20 nitrogen and oxygen atoms in total. The van der Waals surface area contributed by atoms with Gasteiger partial charge in [-0.15, -0.1) is 0 Å². The Hall–Kier alpha value is -3.05. The first-order chi connectivity index (χ1) is 23.6. The molecule has 0 aromatic carbocycles. The van der Waals surface area contributed by atoms with E-state index in [9.17, 15) is 18.7 Å². The number of ether oxygens (including phenoxy) is 2. The number of aromatic amines is 1. The summed E-state index contributed by atoms with van der Waals surface area (Å²) in [5, 5.41) is 2.45. The van der Waals surface area contributed by atoms with E-state index in [4.69, 9.17) is 33.3 Å². The van der Waals surface area contributed by atoms with Crippen LogP contribution >= 0.6 is 38.1 Å². The smallest absolute Gasteiger partial charge is 0.382 e. The van der Waals surface area contributed by atoms with Crippen molar-refractivity contribution in [1.29, 1.82) is 0 Å². The molecule has 7 heterocycles. The van der Waals surface area contributed by atoms with Crippen LogP contribution in [-0.2, 0) is 41.5 Å². The Morgan fingerprint density at radius 3 is 2.04 bits per heavy atom. The molecule has 4 aromatic rings. The number of rotatable bonds is 4. The van der Waals surface area contributed by atoms with Gasteiger partial charge in [0.15, 0.2) is 47.4 Å². The second-order valence-corrected chi connectivity index (χ2v) is 17.4. The molecule has 3 saturated heterocycles. The van der Waals surface area contributed by atoms with E-state index >= 15 is 8.78 Å². The minimum absolute atomic E-state index is 0.0295. The van der Waals surface area contributed by atoms with E-state index < -0.39 is 93.4 Å². The molecule has 1 amide bonds. The fraction of sp³-hybridized carbons (Fsp3) is 0.542. The first kappa shape index (κ1) is 35.4. The number of fused-ring (bicyclic) bond motifs is 4. The van der Waals surface area contributed by atoms with Gasteiger partial charge in [0.05, 0.1) is 25.9 Å². The molecule has 0 spiro atoms. The first-order valence-corrected chi connectivity index (χ1v) is 20.1. The summed E-state index contributed by atoms with van der Waals surface area (Å²) in [4.78, 5) is 47.5. The number of thiol groups is 2. The lowest BCUT2D eigenvalue weighted by Gasteiger charge is -2.28. The normalized spacial score (nSPS) is 35.1. The van der Waals surface area contributed by atoms with Crippen LogP contribution in [0.4, 0.5) is 20.5 Å². The van der Waals surface area contributed by atoms with Gasteiger partial charge in [0.1, 0.15) is 36.3 Å². The van der Waals surface area contributed by atoms with Crippen molar-refractivity contribution in [1.82, 2.24) is 39.0 Å². The minimum atomic E-state index is -4.49. The van der Waals surface area contributed by atoms with Gasteiger partial charge < -0.3 is 15.2 Å². The number of aromatic nitrogens is 8. The monoisotopic (exact) mass is 780 g/mol. The molecule has 7 rings (SSSR count). The van der Waals surface area contributed by atoms with Gasteiger partial charge in [-0.2, -0.15) is 4.98 Å². The van der Waals surface area contributed by atoms with Gasteiger partial charge in [-0.05, 0) is 0 Å². The standard InChI is InChI=1S/C24H28F2N10O10P2S2/c1-8(2)20(37)33-24-32-19-14(21(38)34-24)31-7-36(19)23-12(26)16-10(44-23)4-42-47(39,49)45-15-9(3-41-48(40,50)46-16)43-22(11(15)25)35-6-30-13-17(27)28-5-29-18(13)35/h5-12,15-16,22-23H,3-4H2,1-2H3,(H,39,49)(H,40,50)(H2,27,28,29)(H2,32,33,34,37,38)/t9-,10?,11-,12-,15-,16-,22-,23-,47-,48-/m1/s1. The number of alkyl halides is 2. The van der Waals surface area contributed by atoms with Crippen molar-refractivity contribution >= 4 is 78.1 Å². The van der Waals surface area contributed by atoms with E-state index in [1.807, 2.05) is 0 Å². The lowest BCUT2D eigenvalue weighted by molar-refractivity contribution is -0.118. The predicted molar refractivity (Wildman–Crippen MR) is 174 cm³/mol. The van der Waals surface area contributed by atoms with Gasteiger partial charge in [-0.1, -0.05) is 38.3 Å². The highest BCUT2D eigenvalue weighted by atomic mass is 32.7. The maximum absolute atomic E-state index is 16.3. The third-order valence-electron chi connectivity index (χ3n) is 7.98. The summed E-state index contributed by atoms with van der Waals surface area (Å²) in [6, 6.07) is 0. The van der Waals surface area contributed by atoms with Crippen molar-refractivity contribution in [2.24, 2.45) is 5.92 Å². The second kappa shape index (κ2) is 13.2. The molecule has 0 radical (unpaired) electrons.